The number of rotatable bonds is 11. The van der Waals surface area contributed by atoms with Crippen molar-refractivity contribution in [2.45, 2.75) is 59.3 Å². The Morgan fingerprint density at radius 3 is 2.26 bits per heavy atom. The second-order valence-electron chi connectivity index (χ2n) is 5.88. The molecule has 0 aliphatic heterocycles. The van der Waals surface area contributed by atoms with E-state index in [1.807, 2.05) is 26.0 Å². The van der Waals surface area contributed by atoms with Crippen molar-refractivity contribution in [2.75, 3.05) is 17.6 Å². The quantitative estimate of drug-likeness (QED) is 0.197. The number of aryl methyl sites for hydroxylation is 2. The molecule has 0 fully saturated rings. The summed E-state index contributed by atoms with van der Waals surface area (Å²) in [5, 5.41) is 0. The molecule has 0 aromatic heterocycles. The molecule has 4 heteroatoms. The highest BCUT2D eigenvalue weighted by atomic mass is 127. The maximum Gasteiger partial charge on any atom is 0.338 e. The van der Waals surface area contributed by atoms with E-state index in [1.165, 1.54) is 19.3 Å². The topological polar surface area (TPSA) is 35.5 Å². The lowest BCUT2D eigenvalue weighted by atomic mass is 10.1. The summed E-state index contributed by atoms with van der Waals surface area (Å²) in [6.07, 6.45) is 6.77. The van der Waals surface area contributed by atoms with Crippen LogP contribution in [0.5, 0.6) is 5.75 Å². The summed E-state index contributed by atoms with van der Waals surface area (Å²) < 4.78 is 12.3. The second kappa shape index (κ2) is 11.7. The fraction of sp³-hybridized carbons (Fsp3) is 0.632. The molecule has 0 aliphatic carbocycles. The Bertz CT molecular complexity index is 462. The van der Waals surface area contributed by atoms with Gasteiger partial charge in [0.05, 0.1) is 18.8 Å². The second-order valence-corrected chi connectivity index (χ2v) is 6.96. The molecule has 0 aliphatic rings. The van der Waals surface area contributed by atoms with Crippen molar-refractivity contribution in [3.63, 3.8) is 0 Å². The molecule has 130 valence electrons. The highest BCUT2D eigenvalue weighted by Crippen LogP contribution is 2.25. The third-order valence-electron chi connectivity index (χ3n) is 3.70. The fourth-order valence-corrected chi connectivity index (χ4v) is 2.98. The minimum atomic E-state index is -0.237. The maximum atomic E-state index is 12.1. The zero-order chi connectivity index (χ0) is 17.1. The Labute approximate surface area is 154 Å². The molecular weight excluding hydrogens is 403 g/mol. The molecule has 1 aromatic carbocycles. The Balaban J connectivity index is 2.56. The summed E-state index contributed by atoms with van der Waals surface area (Å²) in [5.74, 6) is 0.669. The van der Waals surface area contributed by atoms with Gasteiger partial charge in [-0.15, -0.1) is 0 Å². The molecule has 3 nitrogen and oxygen atoms in total. The Morgan fingerprint density at radius 2 is 1.65 bits per heavy atom. The fourth-order valence-electron chi connectivity index (χ4n) is 2.44. The van der Waals surface area contributed by atoms with Crippen molar-refractivity contribution < 1.29 is 14.3 Å². The molecular formula is C19H29IO3. The number of benzene rings is 1. The van der Waals surface area contributed by atoms with Crippen LogP contribution in [0.3, 0.4) is 0 Å². The Morgan fingerprint density at radius 1 is 1.00 bits per heavy atom. The lowest BCUT2D eigenvalue weighted by Gasteiger charge is -2.14. The van der Waals surface area contributed by atoms with Gasteiger partial charge in [0.25, 0.3) is 0 Å². The van der Waals surface area contributed by atoms with Gasteiger partial charge in [0.1, 0.15) is 5.75 Å². The monoisotopic (exact) mass is 432 g/mol. The molecule has 0 heterocycles. The average Bonchev–Trinajstić information content (AvgIpc) is 2.53. The lowest BCUT2D eigenvalue weighted by molar-refractivity contribution is 0.0500. The average molecular weight is 432 g/mol. The third kappa shape index (κ3) is 7.55. The van der Waals surface area contributed by atoms with Gasteiger partial charge in [0.2, 0.25) is 0 Å². The highest BCUT2D eigenvalue weighted by molar-refractivity contribution is 14.1. The minimum absolute atomic E-state index is 0.237. The van der Waals surface area contributed by atoms with E-state index in [1.54, 1.807) is 0 Å². The predicted molar refractivity (Wildman–Crippen MR) is 104 cm³/mol. The first-order valence-corrected chi connectivity index (χ1v) is 10.1. The number of hydrogen-bond acceptors (Lipinski definition) is 3. The maximum absolute atomic E-state index is 12.1. The van der Waals surface area contributed by atoms with Gasteiger partial charge in [-0.05, 0) is 60.8 Å². The van der Waals surface area contributed by atoms with Crippen molar-refractivity contribution in [2.24, 2.45) is 0 Å². The van der Waals surface area contributed by atoms with E-state index in [-0.39, 0.29) is 5.97 Å². The molecule has 1 rings (SSSR count). The van der Waals surface area contributed by atoms with Crippen molar-refractivity contribution in [3.05, 3.63) is 28.8 Å². The van der Waals surface area contributed by atoms with Crippen LogP contribution in [-0.4, -0.2) is 23.6 Å². The smallest absolute Gasteiger partial charge is 0.338 e. The lowest BCUT2D eigenvalue weighted by Crippen LogP contribution is -2.08. The van der Waals surface area contributed by atoms with E-state index >= 15 is 0 Å². The Hall–Kier alpha value is -0.780. The molecule has 1 aromatic rings. The van der Waals surface area contributed by atoms with E-state index in [9.17, 15) is 4.79 Å². The van der Waals surface area contributed by atoms with Crippen LogP contribution in [0.4, 0.5) is 0 Å². The van der Waals surface area contributed by atoms with Crippen molar-refractivity contribution in [1.29, 1.82) is 0 Å². The van der Waals surface area contributed by atoms with Crippen LogP contribution < -0.4 is 4.74 Å². The summed E-state index contributed by atoms with van der Waals surface area (Å²) in [7, 11) is 0. The first kappa shape index (κ1) is 20.3. The minimum Gasteiger partial charge on any atom is -0.493 e. The first-order valence-electron chi connectivity index (χ1n) is 8.57. The van der Waals surface area contributed by atoms with Gasteiger partial charge < -0.3 is 9.47 Å². The van der Waals surface area contributed by atoms with Crippen LogP contribution in [-0.2, 0) is 4.74 Å². The van der Waals surface area contributed by atoms with E-state index in [0.29, 0.717) is 12.2 Å². The molecule has 0 saturated heterocycles. The molecule has 0 radical (unpaired) electrons. The van der Waals surface area contributed by atoms with Crippen molar-refractivity contribution in [3.8, 4) is 5.75 Å². The predicted octanol–water partition coefficient (Wildman–Crippen LogP) is 5.63. The number of ether oxygens (including phenoxy) is 2. The number of esters is 1. The number of alkyl halides is 1. The molecule has 0 bridgehead atoms. The van der Waals surface area contributed by atoms with Crippen molar-refractivity contribution in [1.82, 2.24) is 0 Å². The zero-order valence-electron chi connectivity index (χ0n) is 14.6. The van der Waals surface area contributed by atoms with Gasteiger partial charge in [-0.1, -0.05) is 48.8 Å². The number of hydrogen-bond donors (Lipinski definition) is 0. The molecule has 0 spiro atoms. The van der Waals surface area contributed by atoms with E-state index < -0.39 is 0 Å². The van der Waals surface area contributed by atoms with Crippen molar-refractivity contribution >= 4 is 28.6 Å². The first-order chi connectivity index (χ1) is 11.1. The molecule has 0 amide bonds. The van der Waals surface area contributed by atoms with E-state index in [4.69, 9.17) is 9.47 Å². The van der Waals surface area contributed by atoms with Gasteiger partial charge >= 0.3 is 5.97 Å². The van der Waals surface area contributed by atoms with Crippen LogP contribution in [0.2, 0.25) is 0 Å². The number of unbranched alkanes of at least 4 members (excludes halogenated alkanes) is 4. The molecule has 0 N–H and O–H groups in total. The van der Waals surface area contributed by atoms with Gasteiger partial charge in [0.15, 0.2) is 0 Å². The standard InChI is InChI=1S/C19H29IO3/c1-4-5-6-8-11-22-18-15(2)13-17(14-16(18)3)19(21)23-12-9-7-10-20/h13-14H,4-12H2,1-3H3. The van der Waals surface area contributed by atoms with Crippen LogP contribution in [0.25, 0.3) is 0 Å². The summed E-state index contributed by atoms with van der Waals surface area (Å²) in [4.78, 5) is 12.1. The van der Waals surface area contributed by atoms with Gasteiger partial charge in [-0.25, -0.2) is 4.79 Å². The molecule has 23 heavy (non-hydrogen) atoms. The van der Waals surface area contributed by atoms with Crippen LogP contribution >= 0.6 is 22.6 Å². The van der Waals surface area contributed by atoms with E-state index in [2.05, 4.69) is 29.5 Å². The zero-order valence-corrected chi connectivity index (χ0v) is 16.8. The van der Waals surface area contributed by atoms with Crippen LogP contribution in [0, 0.1) is 13.8 Å². The van der Waals surface area contributed by atoms with Gasteiger partial charge in [-0.2, -0.15) is 0 Å². The number of carbonyl (C=O) groups excluding carboxylic acids is 1. The largest absolute Gasteiger partial charge is 0.493 e. The summed E-state index contributed by atoms with van der Waals surface area (Å²) in [6.45, 7) is 7.41. The third-order valence-corrected chi connectivity index (χ3v) is 4.46. The Kier molecular flexibility index (Phi) is 10.3. The highest BCUT2D eigenvalue weighted by Gasteiger charge is 2.12. The summed E-state index contributed by atoms with van der Waals surface area (Å²) >= 11 is 2.33. The van der Waals surface area contributed by atoms with E-state index in [0.717, 1.165) is 47.2 Å². The van der Waals surface area contributed by atoms with Crippen LogP contribution in [0.1, 0.15) is 66.9 Å². The summed E-state index contributed by atoms with van der Waals surface area (Å²) in [5.41, 5.74) is 2.62. The SMILES string of the molecule is CCCCCCOc1c(C)cc(C(=O)OCCCCI)cc1C. The molecule has 0 unspecified atom stereocenters. The van der Waals surface area contributed by atoms with Crippen LogP contribution in [0.15, 0.2) is 12.1 Å². The van der Waals surface area contributed by atoms with Gasteiger partial charge in [0, 0.05) is 0 Å². The number of halogens is 1. The molecule has 0 atom stereocenters. The number of carbonyl (C=O) groups is 1. The summed E-state index contributed by atoms with van der Waals surface area (Å²) in [6, 6.07) is 3.74. The van der Waals surface area contributed by atoms with Gasteiger partial charge in [-0.3, -0.25) is 0 Å². The molecule has 0 saturated carbocycles. The normalized spacial score (nSPS) is 10.6.